The van der Waals surface area contributed by atoms with Crippen LogP contribution in [0.2, 0.25) is 0 Å². The normalized spacial score (nSPS) is 20.8. The molecule has 0 amide bonds. The van der Waals surface area contributed by atoms with Gasteiger partial charge in [-0.3, -0.25) is 0 Å². The van der Waals surface area contributed by atoms with Gasteiger partial charge in [0, 0.05) is 13.1 Å². The maximum absolute atomic E-state index is 13.3. The average Bonchev–Trinajstić information content (AvgIpc) is 2.38. The summed E-state index contributed by atoms with van der Waals surface area (Å²) >= 11 is 0. The molecule has 110 valence electrons. The molecule has 8 heteroatoms. The molecule has 0 aliphatic carbocycles. The van der Waals surface area contributed by atoms with Gasteiger partial charge in [-0.1, -0.05) is 0 Å². The van der Waals surface area contributed by atoms with Crippen molar-refractivity contribution < 1.29 is 27.8 Å². The van der Waals surface area contributed by atoms with E-state index in [1.54, 1.807) is 0 Å². The molecule has 2 rings (SSSR count). The van der Waals surface area contributed by atoms with Crippen LogP contribution in [0.1, 0.15) is 23.2 Å². The van der Waals surface area contributed by atoms with Gasteiger partial charge in [0.25, 0.3) is 0 Å². The van der Waals surface area contributed by atoms with Crippen molar-refractivity contribution in [1.29, 1.82) is 0 Å². The minimum atomic E-state index is -3.92. The molecule has 1 aliphatic rings. The molecular formula is C12H14FNO5S. The van der Waals surface area contributed by atoms with Crippen molar-refractivity contribution in [2.24, 2.45) is 0 Å². The summed E-state index contributed by atoms with van der Waals surface area (Å²) in [6.45, 7) is 0.210. The van der Waals surface area contributed by atoms with Gasteiger partial charge in [-0.15, -0.1) is 0 Å². The van der Waals surface area contributed by atoms with E-state index < -0.39 is 33.5 Å². The molecule has 0 radical (unpaired) electrons. The first-order valence-corrected chi connectivity index (χ1v) is 7.47. The standard InChI is InChI=1S/C12H14FNO5S/c13-11-4-3-9(6-10(11)12(16)17)20(18,19)14-5-1-2-8(15)7-14/h3-4,6,8,15H,1-2,5,7H2,(H,16,17)/t8-/m0/s1. The Morgan fingerprint density at radius 2 is 2.10 bits per heavy atom. The van der Waals surface area contributed by atoms with E-state index >= 15 is 0 Å². The third kappa shape index (κ3) is 2.82. The number of carboxylic acids is 1. The molecule has 2 N–H and O–H groups in total. The Morgan fingerprint density at radius 3 is 2.70 bits per heavy atom. The highest BCUT2D eigenvalue weighted by Crippen LogP contribution is 2.22. The number of nitrogens with zero attached hydrogens (tertiary/aromatic N) is 1. The van der Waals surface area contributed by atoms with Crippen molar-refractivity contribution in [2.75, 3.05) is 13.1 Å². The van der Waals surface area contributed by atoms with E-state index in [4.69, 9.17) is 5.11 Å². The monoisotopic (exact) mass is 303 g/mol. The van der Waals surface area contributed by atoms with Crippen molar-refractivity contribution in [2.45, 2.75) is 23.8 Å². The molecule has 20 heavy (non-hydrogen) atoms. The zero-order valence-corrected chi connectivity index (χ0v) is 11.3. The highest BCUT2D eigenvalue weighted by atomic mass is 32.2. The maximum Gasteiger partial charge on any atom is 0.338 e. The van der Waals surface area contributed by atoms with Gasteiger partial charge in [-0.2, -0.15) is 4.31 Å². The van der Waals surface area contributed by atoms with Gasteiger partial charge in [-0.25, -0.2) is 17.6 Å². The number of aliphatic hydroxyl groups is 1. The number of aliphatic hydroxyl groups excluding tert-OH is 1. The minimum absolute atomic E-state index is 0.0396. The van der Waals surface area contributed by atoms with E-state index in [2.05, 4.69) is 0 Å². The molecule has 1 aliphatic heterocycles. The third-order valence-electron chi connectivity index (χ3n) is 3.17. The largest absolute Gasteiger partial charge is 0.478 e. The van der Waals surface area contributed by atoms with E-state index in [1.165, 1.54) is 0 Å². The molecule has 0 bridgehead atoms. The van der Waals surface area contributed by atoms with Crippen molar-refractivity contribution in [3.63, 3.8) is 0 Å². The first-order valence-electron chi connectivity index (χ1n) is 6.03. The predicted molar refractivity (Wildman–Crippen MR) is 67.4 cm³/mol. The van der Waals surface area contributed by atoms with Crippen LogP contribution < -0.4 is 0 Å². The fraction of sp³-hybridized carbons (Fsp3) is 0.417. The van der Waals surface area contributed by atoms with E-state index in [9.17, 15) is 22.7 Å². The number of benzene rings is 1. The van der Waals surface area contributed by atoms with Crippen LogP contribution in [0.3, 0.4) is 0 Å². The molecule has 6 nitrogen and oxygen atoms in total. The molecule has 1 heterocycles. The van der Waals surface area contributed by atoms with Crippen LogP contribution in [-0.2, 0) is 10.0 Å². The first kappa shape index (κ1) is 14.9. The number of halogens is 1. The summed E-state index contributed by atoms with van der Waals surface area (Å²) in [6.07, 6.45) is 0.307. The Hall–Kier alpha value is -1.51. The maximum atomic E-state index is 13.3. The SMILES string of the molecule is O=C(O)c1cc(S(=O)(=O)N2CCC[C@H](O)C2)ccc1F. The second-order valence-electron chi connectivity index (χ2n) is 4.61. The number of hydrogen-bond donors (Lipinski definition) is 2. The topological polar surface area (TPSA) is 94.9 Å². The minimum Gasteiger partial charge on any atom is -0.478 e. The summed E-state index contributed by atoms with van der Waals surface area (Å²) in [7, 11) is -3.92. The number of sulfonamides is 1. The zero-order valence-electron chi connectivity index (χ0n) is 10.5. The molecule has 1 aromatic rings. The van der Waals surface area contributed by atoms with Crippen molar-refractivity contribution >= 4 is 16.0 Å². The molecule has 1 aromatic carbocycles. The summed E-state index contributed by atoms with van der Waals surface area (Å²) in [6, 6.07) is 2.64. The van der Waals surface area contributed by atoms with Gasteiger partial charge in [0.15, 0.2) is 0 Å². The van der Waals surface area contributed by atoms with Gasteiger partial charge in [0.1, 0.15) is 5.82 Å². The lowest BCUT2D eigenvalue weighted by Gasteiger charge is -2.29. The number of carbonyl (C=O) groups is 1. The van der Waals surface area contributed by atoms with E-state index in [0.717, 1.165) is 22.5 Å². The van der Waals surface area contributed by atoms with Crippen LogP contribution in [0.15, 0.2) is 23.1 Å². The van der Waals surface area contributed by atoms with Crippen LogP contribution in [0.4, 0.5) is 4.39 Å². The highest BCUT2D eigenvalue weighted by Gasteiger charge is 2.30. The summed E-state index contributed by atoms with van der Waals surface area (Å²) in [4.78, 5) is 10.6. The molecular weight excluding hydrogens is 289 g/mol. The Bertz CT molecular complexity index is 631. The molecule has 0 spiro atoms. The Morgan fingerprint density at radius 1 is 1.40 bits per heavy atom. The van der Waals surface area contributed by atoms with Crippen LogP contribution in [0, 0.1) is 5.82 Å². The number of rotatable bonds is 3. The fourth-order valence-electron chi connectivity index (χ4n) is 2.12. The van der Waals surface area contributed by atoms with Crippen LogP contribution >= 0.6 is 0 Å². The van der Waals surface area contributed by atoms with Crippen LogP contribution in [0.25, 0.3) is 0 Å². The predicted octanol–water partition coefficient (Wildman–Crippen LogP) is 0.669. The Kier molecular flexibility index (Phi) is 4.07. The van der Waals surface area contributed by atoms with Gasteiger partial charge >= 0.3 is 5.97 Å². The van der Waals surface area contributed by atoms with Gasteiger partial charge in [0.2, 0.25) is 10.0 Å². The van der Waals surface area contributed by atoms with Crippen molar-refractivity contribution in [3.05, 3.63) is 29.6 Å². The quantitative estimate of drug-likeness (QED) is 0.856. The third-order valence-corrected chi connectivity index (χ3v) is 5.03. The Balaban J connectivity index is 2.39. The lowest BCUT2D eigenvalue weighted by Crippen LogP contribution is -2.42. The zero-order chi connectivity index (χ0) is 14.9. The molecule has 0 aromatic heterocycles. The molecule has 1 saturated heterocycles. The van der Waals surface area contributed by atoms with Gasteiger partial charge in [-0.05, 0) is 31.0 Å². The second-order valence-corrected chi connectivity index (χ2v) is 6.54. The number of hydrogen-bond acceptors (Lipinski definition) is 4. The summed E-state index contributed by atoms with van der Waals surface area (Å²) < 4.78 is 39.0. The molecule has 0 unspecified atom stereocenters. The smallest absolute Gasteiger partial charge is 0.338 e. The summed E-state index contributed by atoms with van der Waals surface area (Å²) in [5.41, 5.74) is -0.691. The highest BCUT2D eigenvalue weighted by molar-refractivity contribution is 7.89. The van der Waals surface area contributed by atoms with Crippen LogP contribution in [-0.4, -0.2) is 48.1 Å². The van der Waals surface area contributed by atoms with Crippen molar-refractivity contribution in [1.82, 2.24) is 4.31 Å². The Labute approximate surface area is 115 Å². The lowest BCUT2D eigenvalue weighted by atomic mass is 10.1. The molecule has 1 fully saturated rings. The van der Waals surface area contributed by atoms with Gasteiger partial charge in [0.05, 0.1) is 16.6 Å². The number of carboxylic acid groups (broad SMARTS) is 1. The van der Waals surface area contributed by atoms with Crippen LogP contribution in [0.5, 0.6) is 0 Å². The average molecular weight is 303 g/mol. The second kappa shape index (κ2) is 5.47. The summed E-state index contributed by atoms with van der Waals surface area (Å²) in [5, 5.41) is 18.3. The molecule has 0 saturated carbocycles. The fourth-order valence-corrected chi connectivity index (χ4v) is 3.66. The summed E-state index contributed by atoms with van der Waals surface area (Å²) in [5.74, 6) is -2.52. The lowest BCUT2D eigenvalue weighted by molar-refractivity contribution is 0.0691. The van der Waals surface area contributed by atoms with E-state index in [1.807, 2.05) is 0 Å². The van der Waals surface area contributed by atoms with Crippen molar-refractivity contribution in [3.8, 4) is 0 Å². The molecule has 1 atom stereocenters. The van der Waals surface area contributed by atoms with E-state index in [0.29, 0.717) is 12.8 Å². The van der Waals surface area contributed by atoms with E-state index in [-0.39, 0.29) is 18.0 Å². The van der Waals surface area contributed by atoms with Gasteiger partial charge < -0.3 is 10.2 Å². The number of piperidine rings is 1. The number of aromatic carboxylic acids is 1. The number of β-amino-alcohol motifs (C(OH)–C–C–N with tert-alkyl or cyclic N) is 1. The first-order chi connectivity index (χ1) is 9.32.